The number of amides is 1. The van der Waals surface area contributed by atoms with Gasteiger partial charge >= 0.3 is 0 Å². The molecule has 1 saturated carbocycles. The Labute approximate surface area is 107 Å². The topological polar surface area (TPSA) is 80.9 Å². The number of primary amides is 1. The average molecular weight is 248 g/mol. The molecular weight excluding hydrogens is 228 g/mol. The fraction of sp³-hybridized carbons (Fsp3) is 0.615. The molecule has 1 heterocycles. The van der Waals surface area contributed by atoms with Crippen molar-refractivity contribution >= 4 is 11.7 Å². The van der Waals surface area contributed by atoms with Crippen LogP contribution >= 0.6 is 0 Å². The summed E-state index contributed by atoms with van der Waals surface area (Å²) in [5.74, 6) is 0.476. The van der Waals surface area contributed by atoms with Crippen LogP contribution in [0.1, 0.15) is 37.8 Å². The first-order valence-electron chi connectivity index (χ1n) is 6.51. The molecule has 1 aromatic heterocycles. The first kappa shape index (κ1) is 12.8. The lowest BCUT2D eigenvalue weighted by atomic mass is 9.94. The van der Waals surface area contributed by atoms with Crippen molar-refractivity contribution < 1.29 is 4.79 Å². The van der Waals surface area contributed by atoms with Crippen molar-refractivity contribution in [2.45, 2.75) is 45.1 Å². The summed E-state index contributed by atoms with van der Waals surface area (Å²) < 4.78 is 0. The van der Waals surface area contributed by atoms with E-state index in [1.807, 2.05) is 13.0 Å². The van der Waals surface area contributed by atoms with Gasteiger partial charge in [0.1, 0.15) is 12.1 Å². The molecular formula is C13H20N4O. The number of hydrogen-bond donors (Lipinski definition) is 2. The zero-order valence-corrected chi connectivity index (χ0v) is 10.7. The summed E-state index contributed by atoms with van der Waals surface area (Å²) in [4.78, 5) is 19.8. The largest absolute Gasteiger partial charge is 0.369 e. The number of nitrogens with zero attached hydrogens (tertiary/aromatic N) is 2. The number of anilines is 1. The maximum Gasteiger partial charge on any atom is 0.222 e. The molecule has 0 saturated heterocycles. The fourth-order valence-corrected chi connectivity index (χ4v) is 2.54. The molecule has 0 spiro atoms. The molecule has 98 valence electrons. The van der Waals surface area contributed by atoms with E-state index in [1.54, 1.807) is 0 Å². The fourth-order valence-electron chi connectivity index (χ4n) is 2.54. The third-order valence-corrected chi connectivity index (χ3v) is 3.52. The maximum atomic E-state index is 11.5. The van der Waals surface area contributed by atoms with Crippen molar-refractivity contribution in [1.29, 1.82) is 0 Å². The molecule has 18 heavy (non-hydrogen) atoms. The van der Waals surface area contributed by atoms with Crippen molar-refractivity contribution in [3.05, 3.63) is 18.1 Å². The molecule has 0 radical (unpaired) electrons. The summed E-state index contributed by atoms with van der Waals surface area (Å²) >= 11 is 0. The Bertz CT molecular complexity index is 421. The van der Waals surface area contributed by atoms with Crippen molar-refractivity contribution in [3.8, 4) is 0 Å². The number of rotatable bonds is 3. The second-order valence-corrected chi connectivity index (χ2v) is 4.94. The zero-order valence-electron chi connectivity index (χ0n) is 10.7. The Hall–Kier alpha value is -1.65. The van der Waals surface area contributed by atoms with Gasteiger partial charge in [0.05, 0.1) is 5.92 Å². The first-order valence-corrected chi connectivity index (χ1v) is 6.51. The summed E-state index contributed by atoms with van der Waals surface area (Å²) in [7, 11) is 0. The normalized spacial score (nSPS) is 24.3. The molecule has 1 aliphatic rings. The van der Waals surface area contributed by atoms with Crippen molar-refractivity contribution in [2.24, 2.45) is 11.7 Å². The van der Waals surface area contributed by atoms with E-state index < -0.39 is 0 Å². The molecule has 0 aromatic carbocycles. The van der Waals surface area contributed by atoms with E-state index in [-0.39, 0.29) is 17.9 Å². The predicted molar refractivity (Wildman–Crippen MR) is 69.9 cm³/mol. The minimum absolute atomic E-state index is 0.0947. The molecule has 0 bridgehead atoms. The summed E-state index contributed by atoms with van der Waals surface area (Å²) in [6, 6.07) is 1.99. The SMILES string of the molecule is Cc1cc(NC2CCCCCC2C(N)=O)ncn1. The molecule has 2 rings (SSSR count). The third-order valence-electron chi connectivity index (χ3n) is 3.52. The second kappa shape index (κ2) is 5.80. The van der Waals surface area contributed by atoms with Gasteiger partial charge in [-0.05, 0) is 19.8 Å². The van der Waals surface area contributed by atoms with E-state index in [4.69, 9.17) is 5.73 Å². The van der Waals surface area contributed by atoms with Gasteiger partial charge in [0.2, 0.25) is 5.91 Å². The first-order chi connectivity index (χ1) is 8.66. The summed E-state index contributed by atoms with van der Waals surface area (Å²) in [5.41, 5.74) is 6.41. The van der Waals surface area contributed by atoms with E-state index in [2.05, 4.69) is 15.3 Å². The monoisotopic (exact) mass is 248 g/mol. The Morgan fingerprint density at radius 3 is 2.83 bits per heavy atom. The van der Waals surface area contributed by atoms with Crippen LogP contribution in [0.25, 0.3) is 0 Å². The highest BCUT2D eigenvalue weighted by molar-refractivity contribution is 5.78. The highest BCUT2D eigenvalue weighted by Gasteiger charge is 2.28. The molecule has 2 unspecified atom stereocenters. The zero-order chi connectivity index (χ0) is 13.0. The highest BCUT2D eigenvalue weighted by atomic mass is 16.1. The highest BCUT2D eigenvalue weighted by Crippen LogP contribution is 2.25. The Morgan fingerprint density at radius 1 is 1.33 bits per heavy atom. The number of carbonyl (C=O) groups excluding carboxylic acids is 1. The van der Waals surface area contributed by atoms with E-state index in [1.165, 1.54) is 12.7 Å². The quantitative estimate of drug-likeness (QED) is 0.797. The van der Waals surface area contributed by atoms with Gasteiger partial charge in [0.15, 0.2) is 0 Å². The predicted octanol–water partition coefficient (Wildman–Crippen LogP) is 1.63. The number of carbonyl (C=O) groups is 1. The van der Waals surface area contributed by atoms with Crippen LogP contribution in [0, 0.1) is 12.8 Å². The number of nitrogens with one attached hydrogen (secondary N) is 1. The van der Waals surface area contributed by atoms with Gasteiger partial charge in [-0.15, -0.1) is 0 Å². The lowest BCUT2D eigenvalue weighted by molar-refractivity contribution is -0.122. The van der Waals surface area contributed by atoms with Crippen LogP contribution in [-0.2, 0) is 4.79 Å². The van der Waals surface area contributed by atoms with Crippen LogP contribution in [0.3, 0.4) is 0 Å². The van der Waals surface area contributed by atoms with E-state index in [0.29, 0.717) is 0 Å². The number of nitrogens with two attached hydrogens (primary N) is 1. The summed E-state index contributed by atoms with van der Waals surface area (Å²) in [5, 5.41) is 3.34. The molecule has 5 nitrogen and oxygen atoms in total. The average Bonchev–Trinajstić information content (AvgIpc) is 2.54. The lowest BCUT2D eigenvalue weighted by Gasteiger charge is -2.24. The maximum absolute atomic E-state index is 11.5. The molecule has 1 aromatic rings. The number of hydrogen-bond acceptors (Lipinski definition) is 4. The second-order valence-electron chi connectivity index (χ2n) is 4.94. The Kier molecular flexibility index (Phi) is 4.12. The standard InChI is InChI=1S/C13H20N4O/c1-9-7-12(16-8-15-9)17-11-6-4-2-3-5-10(11)13(14)18/h7-8,10-11H,2-6H2,1H3,(H2,14,18)(H,15,16,17). The van der Waals surface area contributed by atoms with E-state index >= 15 is 0 Å². The third kappa shape index (κ3) is 3.18. The van der Waals surface area contributed by atoms with Crippen LogP contribution in [-0.4, -0.2) is 21.9 Å². The Morgan fingerprint density at radius 2 is 2.11 bits per heavy atom. The van der Waals surface area contributed by atoms with Gasteiger partial charge in [-0.1, -0.05) is 19.3 Å². The van der Waals surface area contributed by atoms with Crippen molar-refractivity contribution in [2.75, 3.05) is 5.32 Å². The smallest absolute Gasteiger partial charge is 0.222 e. The molecule has 2 atom stereocenters. The van der Waals surface area contributed by atoms with Gasteiger partial charge in [-0.3, -0.25) is 4.79 Å². The van der Waals surface area contributed by atoms with E-state index in [0.717, 1.165) is 37.2 Å². The minimum Gasteiger partial charge on any atom is -0.369 e. The van der Waals surface area contributed by atoms with Crippen LogP contribution in [0.15, 0.2) is 12.4 Å². The van der Waals surface area contributed by atoms with Gasteiger partial charge in [0.25, 0.3) is 0 Å². The minimum atomic E-state index is -0.208. The molecule has 1 amide bonds. The molecule has 1 aliphatic carbocycles. The van der Waals surface area contributed by atoms with Crippen LogP contribution < -0.4 is 11.1 Å². The molecule has 5 heteroatoms. The van der Waals surface area contributed by atoms with Gasteiger partial charge in [-0.2, -0.15) is 0 Å². The van der Waals surface area contributed by atoms with Crippen molar-refractivity contribution in [3.63, 3.8) is 0 Å². The number of aryl methyl sites for hydroxylation is 1. The summed E-state index contributed by atoms with van der Waals surface area (Å²) in [6.07, 6.45) is 6.76. The van der Waals surface area contributed by atoms with Crippen LogP contribution in [0.5, 0.6) is 0 Å². The Balaban J connectivity index is 2.11. The number of aromatic nitrogens is 2. The van der Waals surface area contributed by atoms with Gasteiger partial charge in [-0.25, -0.2) is 9.97 Å². The van der Waals surface area contributed by atoms with Crippen molar-refractivity contribution in [1.82, 2.24) is 9.97 Å². The van der Waals surface area contributed by atoms with Gasteiger partial charge < -0.3 is 11.1 Å². The lowest BCUT2D eigenvalue weighted by Crippen LogP contribution is -2.37. The van der Waals surface area contributed by atoms with E-state index in [9.17, 15) is 4.79 Å². The van der Waals surface area contributed by atoms with Crippen LogP contribution in [0.2, 0.25) is 0 Å². The van der Waals surface area contributed by atoms with Gasteiger partial charge in [0, 0.05) is 17.8 Å². The molecule has 0 aliphatic heterocycles. The summed E-state index contributed by atoms with van der Waals surface area (Å²) in [6.45, 7) is 1.92. The molecule has 3 N–H and O–H groups in total. The molecule has 1 fully saturated rings. The van der Waals surface area contributed by atoms with Crippen LogP contribution in [0.4, 0.5) is 5.82 Å².